The number of hydrogen-bond acceptors (Lipinski definition) is 19. The number of nitrogens with two attached hydrogens (primary N) is 3. The molecule has 2 rings (SSSR count). The Morgan fingerprint density at radius 3 is 1.51 bits per heavy atom. The number of amides is 4. The summed E-state index contributed by atoms with van der Waals surface area (Å²) < 4.78 is 22.7. The van der Waals surface area contributed by atoms with Crippen molar-refractivity contribution in [1.82, 2.24) is 29.8 Å². The number of carbonyl (C=O) groups excluding carboxylic acids is 8. The molecule has 75 heavy (non-hydrogen) atoms. The molecule has 1 heterocycles. The largest absolute Gasteiger partial charge is 0.459 e. The predicted molar refractivity (Wildman–Crippen MR) is 289 cm³/mol. The van der Waals surface area contributed by atoms with Crippen molar-refractivity contribution >= 4 is 59.3 Å². The van der Waals surface area contributed by atoms with E-state index >= 15 is 0 Å². The minimum atomic E-state index is -1.32. The number of nitrogens with one attached hydrogen (secondary N) is 1. The first kappa shape index (κ1) is 66.4. The normalized spacial score (nSPS) is 16.5. The van der Waals surface area contributed by atoms with Crippen LogP contribution in [0.1, 0.15) is 125 Å². The van der Waals surface area contributed by atoms with E-state index in [9.17, 15) is 38.4 Å². The minimum absolute atomic E-state index is 0.0316. The Bertz CT molecular complexity index is 2000. The highest BCUT2D eigenvalue weighted by Crippen LogP contribution is 2.21. The quantitative estimate of drug-likeness (QED) is 0.0695. The van der Waals surface area contributed by atoms with Crippen LogP contribution >= 0.6 is 11.8 Å². The van der Waals surface area contributed by atoms with Gasteiger partial charge < -0.3 is 41.5 Å². The number of ether oxygens (including phenoxy) is 4. The topological polar surface area (TPSA) is 280 Å². The van der Waals surface area contributed by atoms with E-state index in [2.05, 4.69) is 5.32 Å². The molecular formula is C53H91N9O12S. The Balaban J connectivity index is 2.60. The Morgan fingerprint density at radius 1 is 0.653 bits per heavy atom. The van der Waals surface area contributed by atoms with Crippen molar-refractivity contribution in [3.8, 4) is 0 Å². The van der Waals surface area contributed by atoms with Crippen LogP contribution in [-0.2, 0) is 58.9 Å². The lowest BCUT2D eigenvalue weighted by molar-refractivity contribution is -0.169. The Hall–Kier alpha value is -4.71. The van der Waals surface area contributed by atoms with Crippen LogP contribution in [0.4, 0.5) is 0 Å². The van der Waals surface area contributed by atoms with Crippen LogP contribution in [0.2, 0.25) is 0 Å². The lowest BCUT2D eigenvalue weighted by atomic mass is 10.0. The fraction of sp³-hybridized carbons (Fsp3) is 0.736. The van der Waals surface area contributed by atoms with E-state index in [1.807, 2.05) is 25.9 Å². The van der Waals surface area contributed by atoms with Crippen molar-refractivity contribution in [2.45, 2.75) is 156 Å². The van der Waals surface area contributed by atoms with Crippen LogP contribution in [0.25, 0.3) is 0 Å². The van der Waals surface area contributed by atoms with Gasteiger partial charge in [-0.15, -0.1) is 0 Å². The summed E-state index contributed by atoms with van der Waals surface area (Å²) in [6.45, 7) is 23.0. The van der Waals surface area contributed by atoms with Crippen LogP contribution in [0, 0.1) is 0 Å². The Morgan fingerprint density at radius 2 is 1.11 bits per heavy atom. The van der Waals surface area contributed by atoms with Gasteiger partial charge in [0.15, 0.2) is 0 Å². The summed E-state index contributed by atoms with van der Waals surface area (Å²) in [5, 5.41) is 2.81. The predicted octanol–water partition coefficient (Wildman–Crippen LogP) is 2.33. The number of hydrogen-bond donors (Lipinski definition) is 4. The molecule has 4 amide bonds. The number of thioether (sulfide) groups is 1. The van der Waals surface area contributed by atoms with Gasteiger partial charge in [0.25, 0.3) is 11.8 Å². The fourth-order valence-electron chi connectivity index (χ4n) is 8.14. The Labute approximate surface area is 450 Å². The second kappa shape index (κ2) is 30.9. The average molecular weight is 1080 g/mol. The molecule has 1 saturated heterocycles. The summed E-state index contributed by atoms with van der Waals surface area (Å²) in [7, 11) is 0. The van der Waals surface area contributed by atoms with E-state index in [1.54, 1.807) is 107 Å². The molecule has 0 aromatic heterocycles. The van der Waals surface area contributed by atoms with Gasteiger partial charge >= 0.3 is 23.9 Å². The number of benzene rings is 1. The maximum atomic E-state index is 14.5. The second-order valence-electron chi connectivity index (χ2n) is 22.9. The van der Waals surface area contributed by atoms with Crippen molar-refractivity contribution in [3.63, 3.8) is 0 Å². The number of unbranched alkanes of at least 4 members (excludes halogenated alkanes) is 1. The molecule has 3 atom stereocenters. The third-order valence-electron chi connectivity index (χ3n) is 11.4. The maximum Gasteiger partial charge on any atom is 0.329 e. The molecule has 1 unspecified atom stereocenters. The highest BCUT2D eigenvalue weighted by Gasteiger charge is 2.40. The minimum Gasteiger partial charge on any atom is -0.459 e. The molecule has 1 aromatic carbocycles. The second-order valence-corrected chi connectivity index (χ2v) is 23.9. The molecule has 7 N–H and O–H groups in total. The molecule has 1 aliphatic heterocycles. The monoisotopic (exact) mass is 1080 g/mol. The zero-order valence-electron chi connectivity index (χ0n) is 47.3. The molecule has 1 aliphatic rings. The summed E-state index contributed by atoms with van der Waals surface area (Å²) in [5.41, 5.74) is 15.4. The molecule has 1 fully saturated rings. The molecule has 0 radical (unpaired) electrons. The lowest BCUT2D eigenvalue weighted by Gasteiger charge is -2.36. The molecule has 21 nitrogen and oxygen atoms in total. The van der Waals surface area contributed by atoms with E-state index in [1.165, 1.54) is 11.8 Å². The third kappa shape index (κ3) is 26.8. The van der Waals surface area contributed by atoms with Gasteiger partial charge in [-0.1, -0.05) is 12.1 Å². The summed E-state index contributed by atoms with van der Waals surface area (Å²) in [5.74, 6) is -4.62. The van der Waals surface area contributed by atoms with Gasteiger partial charge in [-0.05, 0) is 151 Å². The first-order valence-corrected chi connectivity index (χ1v) is 27.4. The Kier molecular flexibility index (Phi) is 27.3. The molecule has 0 bridgehead atoms. The molecule has 0 spiro atoms. The van der Waals surface area contributed by atoms with Gasteiger partial charge in [0.1, 0.15) is 34.5 Å². The molecule has 1 aromatic rings. The zero-order chi connectivity index (χ0) is 56.9. The number of rotatable bonds is 23. The van der Waals surface area contributed by atoms with E-state index in [0.717, 1.165) is 4.90 Å². The van der Waals surface area contributed by atoms with Crippen molar-refractivity contribution in [3.05, 3.63) is 35.4 Å². The summed E-state index contributed by atoms with van der Waals surface area (Å²) in [4.78, 5) is 118. The van der Waals surface area contributed by atoms with E-state index in [4.69, 9.17) is 36.1 Å². The van der Waals surface area contributed by atoms with Gasteiger partial charge in [0, 0.05) is 57.9 Å². The smallest absolute Gasteiger partial charge is 0.329 e. The van der Waals surface area contributed by atoms with Gasteiger partial charge in [-0.25, -0.2) is 4.79 Å². The molecule has 0 saturated carbocycles. The number of primary amides is 1. The first-order chi connectivity index (χ1) is 34.7. The van der Waals surface area contributed by atoms with Crippen molar-refractivity contribution in [2.75, 3.05) is 97.1 Å². The van der Waals surface area contributed by atoms with Crippen molar-refractivity contribution in [2.24, 2.45) is 17.2 Å². The summed E-state index contributed by atoms with van der Waals surface area (Å²) in [6.07, 6.45) is 2.99. The summed E-state index contributed by atoms with van der Waals surface area (Å²) >= 11 is 1.43. The van der Waals surface area contributed by atoms with Crippen LogP contribution in [-0.4, -0.2) is 210 Å². The lowest BCUT2D eigenvalue weighted by Crippen LogP contribution is -2.58. The van der Waals surface area contributed by atoms with Crippen molar-refractivity contribution in [1.29, 1.82) is 0 Å². The van der Waals surface area contributed by atoms with Gasteiger partial charge in [0.05, 0.1) is 32.2 Å². The number of nitrogens with zero attached hydrogens (tertiary/aromatic N) is 5. The van der Waals surface area contributed by atoms with E-state index in [-0.39, 0.29) is 70.6 Å². The molecular weight excluding hydrogens is 987 g/mol. The SMILES string of the molecule is CSCC[C@H](NC(=O)c1cccc(CC(C(N)=O)N2CCN(CC(=O)OC(C)(C)C)CCN(CC(=O)OC(C)(C)C)CCN(CC(=O)OC(C)(C)C)CC2)c1)C(=O)N(C(=O)CN)[C@@H](CCCCN)C(=O)OC(C)(C)C. The highest BCUT2D eigenvalue weighted by atomic mass is 32.2. The maximum absolute atomic E-state index is 14.5. The van der Waals surface area contributed by atoms with Crippen LogP contribution in [0.15, 0.2) is 24.3 Å². The van der Waals surface area contributed by atoms with Crippen LogP contribution in [0.5, 0.6) is 0 Å². The molecule has 22 heteroatoms. The molecule has 426 valence electrons. The molecule has 0 aliphatic carbocycles. The van der Waals surface area contributed by atoms with Gasteiger partial charge in [-0.3, -0.25) is 58.1 Å². The zero-order valence-corrected chi connectivity index (χ0v) is 48.1. The van der Waals surface area contributed by atoms with E-state index < -0.39 is 94.6 Å². The fourth-order valence-corrected chi connectivity index (χ4v) is 8.61. The first-order valence-electron chi connectivity index (χ1n) is 26.0. The summed E-state index contributed by atoms with van der Waals surface area (Å²) in [6, 6.07) is 3.03. The average Bonchev–Trinajstić information content (AvgIpc) is 3.26. The van der Waals surface area contributed by atoms with E-state index in [0.29, 0.717) is 56.9 Å². The van der Waals surface area contributed by atoms with Crippen LogP contribution < -0.4 is 22.5 Å². The standard InChI is InChI=1S/C53H91N9O12S/c1-50(2,3)71-43(64)34-58-22-24-59(35-44(65)72-51(4,5)6)26-28-61(29-27-60(25-23-58)36-45(66)73-52(7,8)9)41(46(56)67)32-37-17-16-18-38(31-37)47(68)57-39(20-30-75-13)48(69)62(42(63)33-55)40(19-14-15-21-54)49(70)74-53(10,11)12/h16-18,31,39-41H,14-15,19-30,32-36,54-55H2,1-13H3,(H2,56,67)(H,57,68)/t39-,40-,41?/m0/s1. The number of carbonyl (C=O) groups is 8. The highest BCUT2D eigenvalue weighted by molar-refractivity contribution is 7.98. The number of esters is 4. The van der Waals surface area contributed by atoms with Crippen LogP contribution in [0.3, 0.4) is 0 Å². The van der Waals surface area contributed by atoms with Gasteiger partial charge in [-0.2, -0.15) is 11.8 Å². The number of imide groups is 1. The van der Waals surface area contributed by atoms with Crippen molar-refractivity contribution < 1.29 is 57.3 Å². The third-order valence-corrected chi connectivity index (χ3v) is 12.0. The van der Waals surface area contributed by atoms with Gasteiger partial charge in [0.2, 0.25) is 11.8 Å².